The zero-order chi connectivity index (χ0) is 23.8. The number of fused-ring (bicyclic) bond motifs is 6. The molecule has 0 N–H and O–H groups in total. The molecular weight excluding hydrogens is 466 g/mol. The molecular formula is C30H24N3S2+. The average molecular weight is 491 g/mol. The molecule has 5 heteroatoms. The van der Waals surface area contributed by atoms with Crippen LogP contribution in [0.3, 0.4) is 0 Å². The third-order valence-corrected chi connectivity index (χ3v) is 9.58. The number of nitrogens with zero attached hydrogens (tertiary/aromatic N) is 3. The third kappa shape index (κ3) is 2.89. The van der Waals surface area contributed by atoms with Crippen LogP contribution in [0.2, 0.25) is 0 Å². The van der Waals surface area contributed by atoms with Crippen molar-refractivity contribution in [2.75, 3.05) is 0 Å². The summed E-state index contributed by atoms with van der Waals surface area (Å²) in [6.07, 6.45) is 0. The Morgan fingerprint density at radius 2 is 1.46 bits per heavy atom. The summed E-state index contributed by atoms with van der Waals surface area (Å²) < 4.78 is 8.85. The van der Waals surface area contributed by atoms with Crippen LogP contribution in [0.1, 0.15) is 16.8 Å². The topological polar surface area (TPSA) is 21.7 Å². The summed E-state index contributed by atoms with van der Waals surface area (Å²) in [4.78, 5) is 5.95. The molecule has 0 aliphatic carbocycles. The minimum Gasteiger partial charge on any atom is -0.242 e. The van der Waals surface area contributed by atoms with E-state index in [2.05, 4.69) is 110 Å². The Bertz CT molecular complexity index is 1950. The summed E-state index contributed by atoms with van der Waals surface area (Å²) in [7, 11) is 2.20. The van der Waals surface area contributed by atoms with Gasteiger partial charge in [0.15, 0.2) is 11.0 Å². The van der Waals surface area contributed by atoms with Crippen LogP contribution >= 0.6 is 22.7 Å². The monoisotopic (exact) mass is 490 g/mol. The van der Waals surface area contributed by atoms with E-state index < -0.39 is 0 Å². The van der Waals surface area contributed by atoms with E-state index in [1.165, 1.54) is 64.1 Å². The van der Waals surface area contributed by atoms with Crippen LogP contribution in [0.15, 0.2) is 72.8 Å². The third-order valence-electron chi connectivity index (χ3n) is 7.06. The molecule has 4 heterocycles. The van der Waals surface area contributed by atoms with Gasteiger partial charge in [-0.1, -0.05) is 42.5 Å². The molecule has 3 aromatic carbocycles. The van der Waals surface area contributed by atoms with Gasteiger partial charge in [0, 0.05) is 16.5 Å². The van der Waals surface area contributed by atoms with Crippen LogP contribution in [0.25, 0.3) is 57.8 Å². The predicted octanol–water partition coefficient (Wildman–Crippen LogP) is 8.02. The molecule has 0 saturated heterocycles. The van der Waals surface area contributed by atoms with Gasteiger partial charge in [0.2, 0.25) is 0 Å². The van der Waals surface area contributed by atoms with Crippen LogP contribution in [-0.2, 0) is 7.05 Å². The van der Waals surface area contributed by atoms with Crippen LogP contribution < -0.4 is 4.57 Å². The van der Waals surface area contributed by atoms with Crippen molar-refractivity contribution in [2.45, 2.75) is 20.8 Å². The van der Waals surface area contributed by atoms with Gasteiger partial charge in [0.05, 0.1) is 26.7 Å². The molecule has 0 bridgehead atoms. The first kappa shape index (κ1) is 20.8. The van der Waals surface area contributed by atoms with Crippen LogP contribution in [0, 0.1) is 20.8 Å². The number of hydrogen-bond acceptors (Lipinski definition) is 3. The van der Waals surface area contributed by atoms with E-state index in [9.17, 15) is 0 Å². The molecule has 170 valence electrons. The number of para-hydroxylation sites is 3. The molecule has 7 rings (SSSR count). The molecule has 0 unspecified atom stereocenters. The lowest BCUT2D eigenvalue weighted by atomic mass is 10.0. The number of aromatic nitrogens is 3. The summed E-state index contributed by atoms with van der Waals surface area (Å²) >= 11 is 3.73. The van der Waals surface area contributed by atoms with Crippen molar-refractivity contribution in [3.8, 4) is 17.1 Å². The zero-order valence-corrected chi connectivity index (χ0v) is 21.7. The van der Waals surface area contributed by atoms with E-state index in [0.717, 1.165) is 10.5 Å². The molecule has 0 aliphatic rings. The van der Waals surface area contributed by atoms with Gasteiger partial charge in [-0.15, -0.1) is 22.7 Å². The largest absolute Gasteiger partial charge is 0.296 e. The summed E-state index contributed by atoms with van der Waals surface area (Å²) in [5.41, 5.74) is 8.61. The summed E-state index contributed by atoms with van der Waals surface area (Å²) in [5.74, 6) is 1.22. The van der Waals surface area contributed by atoms with E-state index in [4.69, 9.17) is 4.98 Å². The number of benzene rings is 3. The molecule has 3 nitrogen and oxygen atoms in total. The Morgan fingerprint density at radius 3 is 2.31 bits per heavy atom. The highest BCUT2D eigenvalue weighted by molar-refractivity contribution is 7.36. The SMILES string of the molecule is Cc1ccc2c(n1)sc1c3ccc(C)c(-c4n(-c5ccccc5C)c5ccccc5[n+]4C)c3sc21. The zero-order valence-electron chi connectivity index (χ0n) is 20.1. The van der Waals surface area contributed by atoms with Gasteiger partial charge in [-0.25, -0.2) is 9.55 Å². The first-order valence-corrected chi connectivity index (χ1v) is 13.4. The maximum absolute atomic E-state index is 4.81. The Balaban J connectivity index is 1.65. The van der Waals surface area contributed by atoms with Crippen molar-refractivity contribution in [2.24, 2.45) is 7.05 Å². The van der Waals surface area contributed by atoms with Crippen LogP contribution in [-0.4, -0.2) is 9.55 Å². The maximum Gasteiger partial charge on any atom is 0.296 e. The van der Waals surface area contributed by atoms with Crippen molar-refractivity contribution >= 4 is 63.4 Å². The molecule has 0 amide bonds. The van der Waals surface area contributed by atoms with Gasteiger partial charge in [0.25, 0.3) is 5.82 Å². The Kier molecular flexibility index (Phi) is 4.44. The number of hydrogen-bond donors (Lipinski definition) is 0. The Labute approximate surface area is 211 Å². The first-order valence-electron chi connectivity index (χ1n) is 11.8. The highest BCUT2D eigenvalue weighted by atomic mass is 32.1. The molecule has 0 aliphatic heterocycles. The second kappa shape index (κ2) is 7.48. The van der Waals surface area contributed by atoms with Gasteiger partial charge in [-0.05, 0) is 62.2 Å². The molecule has 7 aromatic rings. The summed E-state index contributed by atoms with van der Waals surface area (Å²) in [6.45, 7) is 6.51. The number of pyridine rings is 1. The number of imidazole rings is 1. The fourth-order valence-corrected chi connectivity index (χ4v) is 8.17. The Morgan fingerprint density at radius 1 is 0.714 bits per heavy atom. The van der Waals surface area contributed by atoms with E-state index in [1.807, 2.05) is 22.7 Å². The molecule has 0 fully saturated rings. The predicted molar refractivity (Wildman–Crippen MR) is 150 cm³/mol. The number of rotatable bonds is 2. The standard InChI is InChI=1S/C30H24N3S2/c1-17-9-5-6-10-22(17)33-24-12-8-7-11-23(24)32(4)30(33)25-18(2)13-15-20-26(25)34-28-21-16-14-19(3)31-29(21)35-27(20)28/h5-16H,1-4H3/q+1. The lowest BCUT2D eigenvalue weighted by molar-refractivity contribution is -0.633. The smallest absolute Gasteiger partial charge is 0.242 e. The minimum atomic E-state index is 1.07. The van der Waals surface area contributed by atoms with Crippen LogP contribution in [0.4, 0.5) is 0 Å². The van der Waals surface area contributed by atoms with E-state index >= 15 is 0 Å². The molecule has 0 radical (unpaired) electrons. The van der Waals surface area contributed by atoms with Gasteiger partial charge < -0.3 is 0 Å². The van der Waals surface area contributed by atoms with Crippen molar-refractivity contribution in [1.29, 1.82) is 0 Å². The average Bonchev–Trinajstić information content (AvgIpc) is 3.48. The maximum atomic E-state index is 4.81. The lowest BCUT2D eigenvalue weighted by Crippen LogP contribution is -2.30. The van der Waals surface area contributed by atoms with Crippen molar-refractivity contribution in [3.63, 3.8) is 0 Å². The molecule has 0 spiro atoms. The normalized spacial score (nSPS) is 12.0. The summed E-state index contributed by atoms with van der Waals surface area (Å²) in [5, 5.41) is 2.59. The molecule has 4 aromatic heterocycles. The van der Waals surface area contributed by atoms with Crippen molar-refractivity contribution < 1.29 is 4.57 Å². The number of aryl methyl sites for hydroxylation is 4. The van der Waals surface area contributed by atoms with Crippen molar-refractivity contribution in [1.82, 2.24) is 9.55 Å². The van der Waals surface area contributed by atoms with Gasteiger partial charge in [0.1, 0.15) is 10.5 Å². The fraction of sp³-hybridized carbons (Fsp3) is 0.133. The van der Waals surface area contributed by atoms with E-state index in [0.29, 0.717) is 0 Å². The second-order valence-corrected chi connectivity index (χ2v) is 11.3. The van der Waals surface area contributed by atoms with E-state index in [-0.39, 0.29) is 0 Å². The quantitative estimate of drug-likeness (QED) is 0.225. The van der Waals surface area contributed by atoms with Gasteiger partial charge >= 0.3 is 0 Å². The van der Waals surface area contributed by atoms with Gasteiger partial charge in [-0.2, -0.15) is 4.57 Å². The lowest BCUT2D eigenvalue weighted by Gasteiger charge is -2.09. The highest BCUT2D eigenvalue weighted by Gasteiger charge is 2.30. The second-order valence-electron chi connectivity index (χ2n) is 9.30. The highest BCUT2D eigenvalue weighted by Crippen LogP contribution is 2.47. The first-order chi connectivity index (χ1) is 17.0. The fourth-order valence-electron chi connectivity index (χ4n) is 5.33. The van der Waals surface area contributed by atoms with Crippen LogP contribution in [0.5, 0.6) is 0 Å². The molecule has 0 atom stereocenters. The molecule has 35 heavy (non-hydrogen) atoms. The molecule has 0 saturated carbocycles. The minimum absolute atomic E-state index is 1.07. The van der Waals surface area contributed by atoms with Crippen molar-refractivity contribution in [3.05, 3.63) is 89.6 Å². The van der Waals surface area contributed by atoms with Gasteiger partial charge in [-0.3, -0.25) is 0 Å². The Hall–Kier alpha value is -3.54. The summed E-state index contributed by atoms with van der Waals surface area (Å²) in [6, 6.07) is 26.3. The van der Waals surface area contributed by atoms with E-state index in [1.54, 1.807) is 0 Å². The number of thiophene rings is 2.